The number of aliphatic hydroxyl groups is 1. The number of β-amino-alcohol motifs (C(OH)–C–C–N with tert-alkyl or cyclic N) is 1. The largest absolute Gasteiger partial charge is 0.388 e. The molecule has 0 radical (unpaired) electrons. The van der Waals surface area contributed by atoms with Crippen LogP contribution in [0.2, 0.25) is 0 Å². The van der Waals surface area contributed by atoms with Gasteiger partial charge in [0.05, 0.1) is 5.60 Å². The molecule has 0 aliphatic carbocycles. The highest BCUT2D eigenvalue weighted by atomic mass is 16.3. The zero-order chi connectivity index (χ0) is 8.86. The van der Waals surface area contributed by atoms with Gasteiger partial charge >= 0.3 is 0 Å². The third kappa shape index (κ3) is 2.95. The second kappa shape index (κ2) is 4.63. The van der Waals surface area contributed by atoms with Gasteiger partial charge in [0.2, 0.25) is 0 Å². The van der Waals surface area contributed by atoms with Gasteiger partial charge in [-0.3, -0.25) is 0 Å². The maximum Gasteiger partial charge on any atom is 0.0817 e. The van der Waals surface area contributed by atoms with Gasteiger partial charge in [0.1, 0.15) is 0 Å². The van der Waals surface area contributed by atoms with Gasteiger partial charge in [-0.25, -0.2) is 0 Å². The van der Waals surface area contributed by atoms with E-state index in [1.165, 1.54) is 6.42 Å². The van der Waals surface area contributed by atoms with Crippen molar-refractivity contribution in [1.82, 2.24) is 5.32 Å². The summed E-state index contributed by atoms with van der Waals surface area (Å²) in [5, 5.41) is 13.0. The molecule has 1 unspecified atom stereocenters. The van der Waals surface area contributed by atoms with Gasteiger partial charge in [-0.05, 0) is 25.8 Å². The maximum atomic E-state index is 9.88. The van der Waals surface area contributed by atoms with E-state index in [1.807, 2.05) is 0 Å². The number of hydrogen-bond donors (Lipinski definition) is 2. The van der Waals surface area contributed by atoms with E-state index in [-0.39, 0.29) is 0 Å². The van der Waals surface area contributed by atoms with Gasteiger partial charge in [-0.1, -0.05) is 25.5 Å². The fourth-order valence-corrected chi connectivity index (χ4v) is 1.49. The average Bonchev–Trinajstić information content (AvgIpc) is 2.47. The summed E-state index contributed by atoms with van der Waals surface area (Å²) in [6, 6.07) is 0. The van der Waals surface area contributed by atoms with E-state index in [2.05, 4.69) is 24.4 Å². The molecule has 1 heterocycles. The molecule has 0 amide bonds. The summed E-state index contributed by atoms with van der Waals surface area (Å²) >= 11 is 0. The van der Waals surface area contributed by atoms with Gasteiger partial charge in [0, 0.05) is 6.54 Å². The highest BCUT2D eigenvalue weighted by Crippen LogP contribution is 2.18. The van der Waals surface area contributed by atoms with Crippen LogP contribution in [0.15, 0.2) is 12.2 Å². The number of unbranched alkanes of at least 4 members (excludes halogenated alkanes) is 1. The van der Waals surface area contributed by atoms with Crippen molar-refractivity contribution in [2.45, 2.75) is 38.2 Å². The highest BCUT2D eigenvalue weighted by molar-refractivity contribution is 4.96. The van der Waals surface area contributed by atoms with Crippen molar-refractivity contribution in [3.8, 4) is 0 Å². The molecule has 1 atom stereocenters. The molecule has 2 N–H and O–H groups in total. The third-order valence-corrected chi connectivity index (χ3v) is 2.34. The fraction of sp³-hybridized carbons (Fsp3) is 0.800. The molecular weight excluding hydrogens is 150 g/mol. The van der Waals surface area contributed by atoms with Gasteiger partial charge in [0.25, 0.3) is 0 Å². The second-order valence-electron chi connectivity index (χ2n) is 3.62. The lowest BCUT2D eigenvalue weighted by molar-refractivity contribution is 0.0646. The third-order valence-electron chi connectivity index (χ3n) is 2.34. The lowest BCUT2D eigenvalue weighted by atomic mass is 9.99. The Morgan fingerprint density at radius 2 is 2.33 bits per heavy atom. The number of hydrogen-bond acceptors (Lipinski definition) is 2. The summed E-state index contributed by atoms with van der Waals surface area (Å²) in [6.45, 7) is 3.87. The van der Waals surface area contributed by atoms with E-state index in [1.54, 1.807) is 0 Å². The lowest BCUT2D eigenvalue weighted by Crippen LogP contribution is -2.30. The normalized spacial score (nSPS) is 30.2. The van der Waals surface area contributed by atoms with E-state index in [9.17, 15) is 5.11 Å². The zero-order valence-electron chi connectivity index (χ0n) is 7.84. The molecular formula is C10H19NO. The van der Waals surface area contributed by atoms with Crippen LogP contribution in [0.1, 0.15) is 32.6 Å². The van der Waals surface area contributed by atoms with E-state index in [0.29, 0.717) is 0 Å². The molecule has 1 fully saturated rings. The predicted octanol–water partition coefficient (Wildman–Crippen LogP) is 1.46. The topological polar surface area (TPSA) is 32.3 Å². The summed E-state index contributed by atoms with van der Waals surface area (Å²) < 4.78 is 0. The van der Waals surface area contributed by atoms with Crippen LogP contribution in [0.25, 0.3) is 0 Å². The Labute approximate surface area is 74.7 Å². The Morgan fingerprint density at radius 3 is 2.92 bits per heavy atom. The van der Waals surface area contributed by atoms with Crippen LogP contribution < -0.4 is 5.32 Å². The van der Waals surface area contributed by atoms with Crippen molar-refractivity contribution in [1.29, 1.82) is 0 Å². The summed E-state index contributed by atoms with van der Waals surface area (Å²) in [5.74, 6) is 0. The molecule has 0 aromatic rings. The molecule has 0 saturated carbocycles. The monoisotopic (exact) mass is 169 g/mol. The molecule has 1 aliphatic heterocycles. The highest BCUT2D eigenvalue weighted by Gasteiger charge is 2.28. The SMILES string of the molecule is CCC/C=C/CC1(O)CCNC1. The van der Waals surface area contributed by atoms with E-state index in [4.69, 9.17) is 0 Å². The minimum absolute atomic E-state index is 0.454. The summed E-state index contributed by atoms with van der Waals surface area (Å²) in [5.41, 5.74) is -0.454. The number of nitrogens with one attached hydrogen (secondary N) is 1. The Morgan fingerprint density at radius 1 is 1.50 bits per heavy atom. The Hall–Kier alpha value is -0.340. The summed E-state index contributed by atoms with van der Waals surface area (Å²) in [7, 11) is 0. The predicted molar refractivity (Wildman–Crippen MR) is 51.1 cm³/mol. The molecule has 0 aromatic carbocycles. The van der Waals surface area contributed by atoms with Crippen molar-refractivity contribution in [3.05, 3.63) is 12.2 Å². The zero-order valence-corrected chi connectivity index (χ0v) is 7.84. The van der Waals surface area contributed by atoms with Crippen LogP contribution in [0.5, 0.6) is 0 Å². The van der Waals surface area contributed by atoms with Crippen LogP contribution in [0, 0.1) is 0 Å². The van der Waals surface area contributed by atoms with Crippen molar-refractivity contribution >= 4 is 0 Å². The quantitative estimate of drug-likeness (QED) is 0.624. The van der Waals surface area contributed by atoms with Crippen molar-refractivity contribution in [3.63, 3.8) is 0 Å². The Bertz CT molecular complexity index is 148. The Balaban J connectivity index is 2.20. The molecule has 0 aromatic heterocycles. The first-order valence-corrected chi connectivity index (χ1v) is 4.85. The van der Waals surface area contributed by atoms with Crippen molar-refractivity contribution in [2.75, 3.05) is 13.1 Å². The molecule has 1 saturated heterocycles. The van der Waals surface area contributed by atoms with Crippen molar-refractivity contribution < 1.29 is 5.11 Å². The smallest absolute Gasteiger partial charge is 0.0817 e. The molecule has 2 nitrogen and oxygen atoms in total. The van der Waals surface area contributed by atoms with Gasteiger partial charge in [0.15, 0.2) is 0 Å². The van der Waals surface area contributed by atoms with Gasteiger partial charge < -0.3 is 10.4 Å². The lowest BCUT2D eigenvalue weighted by Gasteiger charge is -2.18. The van der Waals surface area contributed by atoms with Crippen LogP contribution in [0.3, 0.4) is 0 Å². The van der Waals surface area contributed by atoms with Crippen LogP contribution in [-0.4, -0.2) is 23.8 Å². The molecule has 1 aliphatic rings. The molecule has 70 valence electrons. The average molecular weight is 169 g/mol. The maximum absolute atomic E-state index is 9.88. The first kappa shape index (κ1) is 9.75. The fourth-order valence-electron chi connectivity index (χ4n) is 1.49. The van der Waals surface area contributed by atoms with Gasteiger partial charge in [-0.2, -0.15) is 0 Å². The number of allylic oxidation sites excluding steroid dienone is 1. The standard InChI is InChI=1S/C10H19NO/c1-2-3-4-5-6-10(12)7-8-11-9-10/h4-5,11-12H,2-3,6-9H2,1H3/b5-4+. The minimum atomic E-state index is -0.454. The van der Waals surface area contributed by atoms with Crippen LogP contribution >= 0.6 is 0 Å². The second-order valence-corrected chi connectivity index (χ2v) is 3.62. The van der Waals surface area contributed by atoms with Gasteiger partial charge in [-0.15, -0.1) is 0 Å². The van der Waals surface area contributed by atoms with Crippen LogP contribution in [0.4, 0.5) is 0 Å². The van der Waals surface area contributed by atoms with E-state index < -0.39 is 5.60 Å². The molecule has 0 bridgehead atoms. The minimum Gasteiger partial charge on any atom is -0.388 e. The molecule has 1 rings (SSSR count). The Kier molecular flexibility index (Phi) is 3.76. The van der Waals surface area contributed by atoms with E-state index in [0.717, 1.165) is 32.4 Å². The molecule has 2 heteroatoms. The molecule has 12 heavy (non-hydrogen) atoms. The summed E-state index contributed by atoms with van der Waals surface area (Å²) in [6.07, 6.45) is 8.28. The van der Waals surface area contributed by atoms with Crippen molar-refractivity contribution in [2.24, 2.45) is 0 Å². The summed E-state index contributed by atoms with van der Waals surface area (Å²) in [4.78, 5) is 0. The van der Waals surface area contributed by atoms with E-state index >= 15 is 0 Å². The number of rotatable bonds is 4. The first-order chi connectivity index (χ1) is 5.77. The first-order valence-electron chi connectivity index (χ1n) is 4.85. The van der Waals surface area contributed by atoms with Crippen LogP contribution in [-0.2, 0) is 0 Å². The molecule has 0 spiro atoms.